The Morgan fingerprint density at radius 3 is 1.47 bits per heavy atom. The van der Waals surface area contributed by atoms with Crippen LogP contribution in [0.2, 0.25) is 0 Å². The van der Waals surface area contributed by atoms with Gasteiger partial charge in [-0.15, -0.1) is 0 Å². The Morgan fingerprint density at radius 1 is 0.534 bits per heavy atom. The smallest absolute Gasteiger partial charge is 0.462 e. The zero-order chi connectivity index (χ0) is 42.9. The highest BCUT2D eigenvalue weighted by Gasteiger charge is 2.51. The Kier molecular flexibility index (Phi) is 32.4. The molecule has 1 fully saturated rings. The Labute approximate surface area is 348 Å². The van der Waals surface area contributed by atoms with Crippen molar-refractivity contribution in [2.45, 2.75) is 217 Å². The first kappa shape index (κ1) is 54.1. The van der Waals surface area contributed by atoms with Crippen LogP contribution < -0.4 is 0 Å². The van der Waals surface area contributed by atoms with Crippen LogP contribution in [0, 0.1) is 0 Å². The number of hydrogen-bond donors (Lipinski definition) is 6. The summed E-state index contributed by atoms with van der Waals surface area (Å²) in [6, 6.07) is 0. The quantitative estimate of drug-likeness (QED) is 0.0152. The third-order valence-corrected chi connectivity index (χ3v) is 11.2. The number of carbonyl (C=O) groups is 2. The van der Waals surface area contributed by atoms with Crippen molar-refractivity contribution in [2.24, 2.45) is 0 Å². The lowest BCUT2D eigenvalue weighted by Crippen LogP contribution is -2.64. The Bertz CT molecular complexity index is 1160. The second-order valence-electron chi connectivity index (χ2n) is 15.5. The van der Waals surface area contributed by atoms with E-state index < -0.39 is 75.7 Å². The molecule has 1 aliphatic carbocycles. The number of aliphatic hydroxyl groups excluding tert-OH is 5. The Balaban J connectivity index is 2.49. The fourth-order valence-electron chi connectivity index (χ4n) is 6.53. The lowest BCUT2D eigenvalue weighted by molar-refractivity contribution is -0.220. The number of carbonyl (C=O) groups excluding carboxylic acids is 2. The predicted molar refractivity (Wildman–Crippen MR) is 226 cm³/mol. The molecule has 1 saturated carbocycles. The molecule has 0 amide bonds. The van der Waals surface area contributed by atoms with Gasteiger partial charge in [-0.3, -0.25) is 18.6 Å². The van der Waals surface area contributed by atoms with Crippen molar-refractivity contribution >= 4 is 19.8 Å². The van der Waals surface area contributed by atoms with Crippen LogP contribution >= 0.6 is 7.82 Å². The molecular formula is C44H79O13P. The first-order chi connectivity index (χ1) is 27.9. The van der Waals surface area contributed by atoms with Gasteiger partial charge in [-0.25, -0.2) is 4.57 Å². The normalized spacial score (nSPS) is 22.8. The van der Waals surface area contributed by atoms with Crippen molar-refractivity contribution in [1.29, 1.82) is 0 Å². The van der Waals surface area contributed by atoms with E-state index in [4.69, 9.17) is 18.5 Å². The SMILES string of the molecule is CCCC/C=C/C/C=C/CCCCCCCC(=O)O[C@@H](COC(=O)CCCCCCCCC/C=C/CCCCCC)COP(=O)(O)OC1C(O)C(O)C(O)[C@H](O)C1O. The number of allylic oxidation sites excluding steroid dienone is 6. The number of esters is 2. The second-order valence-corrected chi connectivity index (χ2v) is 16.9. The molecular weight excluding hydrogens is 767 g/mol. The van der Waals surface area contributed by atoms with E-state index in [0.29, 0.717) is 12.8 Å². The third-order valence-electron chi connectivity index (χ3n) is 10.2. The maximum absolute atomic E-state index is 12.8. The molecule has 0 aromatic carbocycles. The van der Waals surface area contributed by atoms with Crippen LogP contribution in [-0.2, 0) is 32.7 Å². The van der Waals surface area contributed by atoms with E-state index in [1.165, 1.54) is 57.8 Å². The fraction of sp³-hybridized carbons (Fsp3) is 0.818. The zero-order valence-electron chi connectivity index (χ0n) is 35.6. The van der Waals surface area contributed by atoms with Crippen LogP contribution in [-0.4, -0.2) is 98.3 Å². The molecule has 0 aromatic heterocycles. The molecule has 0 aromatic rings. The van der Waals surface area contributed by atoms with Crippen molar-refractivity contribution in [2.75, 3.05) is 13.2 Å². The maximum atomic E-state index is 12.8. The van der Waals surface area contributed by atoms with Gasteiger partial charge in [-0.05, 0) is 64.2 Å². The van der Waals surface area contributed by atoms with Crippen molar-refractivity contribution in [3.05, 3.63) is 36.5 Å². The summed E-state index contributed by atoms with van der Waals surface area (Å²) in [5.41, 5.74) is 0. The van der Waals surface area contributed by atoms with E-state index in [1.807, 2.05) is 0 Å². The van der Waals surface area contributed by atoms with E-state index >= 15 is 0 Å². The zero-order valence-corrected chi connectivity index (χ0v) is 36.5. The van der Waals surface area contributed by atoms with Gasteiger partial charge < -0.3 is 39.9 Å². The van der Waals surface area contributed by atoms with Crippen molar-refractivity contribution < 1.29 is 63.1 Å². The van der Waals surface area contributed by atoms with Crippen LogP contribution in [0.15, 0.2) is 36.5 Å². The van der Waals surface area contributed by atoms with E-state index in [-0.39, 0.29) is 12.8 Å². The number of rotatable bonds is 36. The fourth-order valence-corrected chi connectivity index (χ4v) is 7.51. The van der Waals surface area contributed by atoms with Crippen LogP contribution in [0.4, 0.5) is 0 Å². The molecule has 6 unspecified atom stereocenters. The molecule has 58 heavy (non-hydrogen) atoms. The van der Waals surface area contributed by atoms with Crippen LogP contribution in [0.1, 0.15) is 174 Å². The third kappa shape index (κ3) is 27.0. The summed E-state index contributed by atoms with van der Waals surface area (Å²) >= 11 is 0. The molecule has 0 aliphatic heterocycles. The molecule has 0 heterocycles. The molecule has 0 bridgehead atoms. The number of phosphoric ester groups is 1. The molecule has 14 heteroatoms. The van der Waals surface area contributed by atoms with E-state index in [0.717, 1.165) is 77.0 Å². The first-order valence-electron chi connectivity index (χ1n) is 22.3. The molecule has 0 spiro atoms. The van der Waals surface area contributed by atoms with Gasteiger partial charge in [0.05, 0.1) is 6.61 Å². The minimum atomic E-state index is -5.12. The van der Waals surface area contributed by atoms with Crippen LogP contribution in [0.3, 0.4) is 0 Å². The average molecular weight is 847 g/mol. The lowest BCUT2D eigenvalue weighted by atomic mass is 9.85. The van der Waals surface area contributed by atoms with Gasteiger partial charge in [-0.2, -0.15) is 0 Å². The summed E-state index contributed by atoms with van der Waals surface area (Å²) in [6.45, 7) is 3.22. The number of aliphatic hydroxyl groups is 5. The number of ether oxygens (including phenoxy) is 2. The topological polar surface area (TPSA) is 210 Å². The van der Waals surface area contributed by atoms with Gasteiger partial charge in [0.1, 0.15) is 43.2 Å². The van der Waals surface area contributed by atoms with Gasteiger partial charge in [-0.1, -0.05) is 134 Å². The van der Waals surface area contributed by atoms with Crippen LogP contribution in [0.25, 0.3) is 0 Å². The second kappa shape index (κ2) is 34.7. The Hall–Kier alpha value is -1.93. The van der Waals surface area contributed by atoms with Gasteiger partial charge in [0.15, 0.2) is 6.10 Å². The molecule has 0 saturated heterocycles. The van der Waals surface area contributed by atoms with E-state index in [1.54, 1.807) is 0 Å². The van der Waals surface area contributed by atoms with Crippen molar-refractivity contribution in [1.82, 2.24) is 0 Å². The van der Waals surface area contributed by atoms with Gasteiger partial charge >= 0.3 is 19.8 Å². The molecule has 6 N–H and O–H groups in total. The average Bonchev–Trinajstić information content (AvgIpc) is 3.20. The summed E-state index contributed by atoms with van der Waals surface area (Å²) in [6.07, 6.45) is 24.8. The van der Waals surface area contributed by atoms with Crippen molar-refractivity contribution in [3.63, 3.8) is 0 Å². The molecule has 338 valence electrons. The predicted octanol–water partition coefficient (Wildman–Crippen LogP) is 8.22. The summed E-state index contributed by atoms with van der Waals surface area (Å²) in [5.74, 6) is -1.12. The summed E-state index contributed by atoms with van der Waals surface area (Å²) in [7, 11) is -5.12. The molecule has 1 aliphatic rings. The maximum Gasteiger partial charge on any atom is 0.472 e. The van der Waals surface area contributed by atoms with E-state index in [9.17, 15) is 44.6 Å². The standard InChI is InChI=1S/C44H79O13P/c1-3-5-7-9-11-13-15-17-19-21-22-24-26-28-30-32-37(45)54-34-36(35-55-58(52,53)57-44-42(50)40(48)39(47)41(49)43(44)51)56-38(46)33-31-29-27-25-23-20-18-16-14-12-10-8-6-4-2/h10,12-13,15-16,18,36,39-44,47-51H,3-9,11,14,17,19-35H2,1-2H3,(H,52,53)/b12-10+,15-13+,18-16+/t36-,39?,40-,41?,42?,43?,44?/m0/s1. The van der Waals surface area contributed by atoms with Crippen molar-refractivity contribution in [3.8, 4) is 0 Å². The number of unbranched alkanes of at least 4 members (excludes halogenated alkanes) is 18. The lowest BCUT2D eigenvalue weighted by Gasteiger charge is -2.41. The minimum Gasteiger partial charge on any atom is -0.462 e. The van der Waals surface area contributed by atoms with Gasteiger partial charge in [0.2, 0.25) is 0 Å². The minimum absolute atomic E-state index is 0.0798. The summed E-state index contributed by atoms with van der Waals surface area (Å²) in [5, 5.41) is 50.1. The van der Waals surface area contributed by atoms with E-state index in [2.05, 4.69) is 50.3 Å². The number of phosphoric acid groups is 1. The highest BCUT2D eigenvalue weighted by atomic mass is 31.2. The number of hydrogen-bond acceptors (Lipinski definition) is 12. The molecule has 8 atom stereocenters. The summed E-state index contributed by atoms with van der Waals surface area (Å²) < 4.78 is 33.5. The van der Waals surface area contributed by atoms with Gasteiger partial charge in [0.25, 0.3) is 0 Å². The molecule has 0 radical (unpaired) electrons. The first-order valence-corrected chi connectivity index (χ1v) is 23.8. The summed E-state index contributed by atoms with van der Waals surface area (Å²) in [4.78, 5) is 35.6. The molecule has 13 nitrogen and oxygen atoms in total. The van der Waals surface area contributed by atoms with Gasteiger partial charge in [0, 0.05) is 12.8 Å². The largest absolute Gasteiger partial charge is 0.472 e. The monoisotopic (exact) mass is 847 g/mol. The Morgan fingerprint density at radius 2 is 0.948 bits per heavy atom. The highest BCUT2D eigenvalue weighted by molar-refractivity contribution is 7.47. The van der Waals surface area contributed by atoms with Crippen LogP contribution in [0.5, 0.6) is 0 Å². The molecule has 1 rings (SSSR count). The highest BCUT2D eigenvalue weighted by Crippen LogP contribution is 2.47.